The number of hydrogen-bond donors (Lipinski definition) is 1. The Bertz CT molecular complexity index is 416. The number of hydrogen-bond acceptors (Lipinski definition) is 1. The molecule has 4 atom stereocenters. The normalized spacial score (nSPS) is 47.3. The molecular weight excluding hydrogens is 316 g/mol. The van der Waals surface area contributed by atoms with E-state index in [2.05, 4.69) is 6.92 Å². The second-order valence-corrected chi connectivity index (χ2v) is 11.0. The molecule has 4 unspecified atom stereocenters. The first-order valence-electron chi connectivity index (χ1n) is 12.4. The zero-order valence-electron chi connectivity index (χ0n) is 17.4. The molecule has 0 heterocycles. The van der Waals surface area contributed by atoms with Gasteiger partial charge in [-0.2, -0.15) is 0 Å². The van der Waals surface area contributed by atoms with Crippen LogP contribution in [-0.2, 0) is 0 Å². The zero-order valence-corrected chi connectivity index (χ0v) is 17.4. The third kappa shape index (κ3) is 4.86. The third-order valence-electron chi connectivity index (χ3n) is 9.29. The molecule has 4 fully saturated rings. The summed E-state index contributed by atoms with van der Waals surface area (Å²) in [6.45, 7) is 2.46. The summed E-state index contributed by atoms with van der Waals surface area (Å²) in [7, 11) is 0. The van der Waals surface area contributed by atoms with Crippen molar-refractivity contribution in [3.8, 4) is 0 Å². The lowest BCUT2D eigenvalue weighted by atomic mass is 9.60. The minimum Gasteiger partial charge on any atom is -0.393 e. The minimum atomic E-state index is 0.0178. The highest BCUT2D eigenvalue weighted by Crippen LogP contribution is 2.49. The molecular formula is C25H44O. The topological polar surface area (TPSA) is 20.2 Å². The molecule has 1 nitrogen and oxygen atoms in total. The minimum absolute atomic E-state index is 0.0178. The van der Waals surface area contributed by atoms with E-state index in [4.69, 9.17) is 0 Å². The van der Waals surface area contributed by atoms with Gasteiger partial charge in [0.2, 0.25) is 0 Å². The van der Waals surface area contributed by atoms with Crippen molar-refractivity contribution < 1.29 is 5.11 Å². The van der Waals surface area contributed by atoms with Gasteiger partial charge in [-0.3, -0.25) is 0 Å². The average Bonchev–Trinajstić information content (AvgIpc) is 2.67. The summed E-state index contributed by atoms with van der Waals surface area (Å²) in [4.78, 5) is 0. The molecule has 0 aliphatic heterocycles. The Hall–Kier alpha value is -0.0400. The fraction of sp³-hybridized carbons (Fsp3) is 1.00. The average molecular weight is 361 g/mol. The van der Waals surface area contributed by atoms with Gasteiger partial charge < -0.3 is 5.11 Å². The zero-order chi connectivity index (χ0) is 17.9. The SMILES string of the molecule is CC1CCC(C2CCC3CC(CCC4CCC(O)CC4)CCC3C2)CC1. The van der Waals surface area contributed by atoms with Crippen molar-refractivity contribution in [2.45, 2.75) is 116 Å². The summed E-state index contributed by atoms with van der Waals surface area (Å²) in [6, 6.07) is 0. The molecule has 4 rings (SSSR count). The van der Waals surface area contributed by atoms with Crippen molar-refractivity contribution >= 4 is 0 Å². The van der Waals surface area contributed by atoms with Gasteiger partial charge in [0.15, 0.2) is 0 Å². The summed E-state index contributed by atoms with van der Waals surface area (Å²) >= 11 is 0. The molecule has 4 aliphatic carbocycles. The van der Waals surface area contributed by atoms with E-state index >= 15 is 0 Å². The van der Waals surface area contributed by atoms with E-state index in [0.717, 1.165) is 54.3 Å². The molecule has 0 bridgehead atoms. The van der Waals surface area contributed by atoms with Crippen LogP contribution in [0.25, 0.3) is 0 Å². The fourth-order valence-corrected chi connectivity index (χ4v) is 7.38. The molecule has 0 aromatic rings. The Balaban J connectivity index is 1.19. The van der Waals surface area contributed by atoms with E-state index in [1.807, 2.05) is 0 Å². The number of rotatable bonds is 4. The van der Waals surface area contributed by atoms with Crippen molar-refractivity contribution in [2.24, 2.45) is 41.4 Å². The van der Waals surface area contributed by atoms with Crippen molar-refractivity contribution in [3.63, 3.8) is 0 Å². The van der Waals surface area contributed by atoms with Gasteiger partial charge in [-0.25, -0.2) is 0 Å². The number of aliphatic hydroxyl groups excluding tert-OH is 1. The molecule has 4 aliphatic rings. The maximum Gasteiger partial charge on any atom is 0.0540 e. The van der Waals surface area contributed by atoms with E-state index in [-0.39, 0.29) is 6.10 Å². The Morgan fingerprint density at radius 1 is 0.538 bits per heavy atom. The third-order valence-corrected chi connectivity index (χ3v) is 9.29. The van der Waals surface area contributed by atoms with Crippen LogP contribution in [0.3, 0.4) is 0 Å². The van der Waals surface area contributed by atoms with E-state index in [1.54, 1.807) is 44.9 Å². The smallest absolute Gasteiger partial charge is 0.0540 e. The van der Waals surface area contributed by atoms with Crippen LogP contribution >= 0.6 is 0 Å². The molecule has 150 valence electrons. The summed E-state index contributed by atoms with van der Waals surface area (Å²) in [5.41, 5.74) is 0. The van der Waals surface area contributed by atoms with Crippen molar-refractivity contribution in [1.82, 2.24) is 0 Å². The van der Waals surface area contributed by atoms with E-state index in [0.29, 0.717) is 0 Å². The predicted molar refractivity (Wildman–Crippen MR) is 110 cm³/mol. The van der Waals surface area contributed by atoms with Crippen LogP contribution in [0, 0.1) is 41.4 Å². The van der Waals surface area contributed by atoms with E-state index < -0.39 is 0 Å². The van der Waals surface area contributed by atoms with Gasteiger partial charge in [0.05, 0.1) is 6.10 Å². The Morgan fingerprint density at radius 2 is 1.04 bits per heavy atom. The maximum absolute atomic E-state index is 9.70. The number of aliphatic hydroxyl groups is 1. The Morgan fingerprint density at radius 3 is 1.77 bits per heavy atom. The first-order valence-corrected chi connectivity index (χ1v) is 12.4. The van der Waals surface area contributed by atoms with Gasteiger partial charge in [-0.05, 0) is 112 Å². The van der Waals surface area contributed by atoms with Gasteiger partial charge >= 0.3 is 0 Å². The maximum atomic E-state index is 9.70. The van der Waals surface area contributed by atoms with Crippen LogP contribution in [0.4, 0.5) is 0 Å². The fourth-order valence-electron chi connectivity index (χ4n) is 7.38. The molecule has 4 saturated carbocycles. The summed E-state index contributed by atoms with van der Waals surface area (Å²) in [5, 5.41) is 9.70. The predicted octanol–water partition coefficient (Wildman–Crippen LogP) is 6.98. The van der Waals surface area contributed by atoms with Gasteiger partial charge in [0, 0.05) is 0 Å². The van der Waals surface area contributed by atoms with E-state index in [1.165, 1.54) is 44.9 Å². The summed E-state index contributed by atoms with van der Waals surface area (Å²) in [5.74, 6) is 7.33. The van der Waals surface area contributed by atoms with Gasteiger partial charge in [-0.1, -0.05) is 39.0 Å². The molecule has 0 spiro atoms. The van der Waals surface area contributed by atoms with Crippen molar-refractivity contribution in [2.75, 3.05) is 0 Å². The number of fused-ring (bicyclic) bond motifs is 1. The first-order chi connectivity index (χ1) is 12.7. The molecule has 0 radical (unpaired) electrons. The Kier molecular flexibility index (Phi) is 6.66. The molecule has 0 aromatic heterocycles. The quantitative estimate of drug-likeness (QED) is 0.573. The van der Waals surface area contributed by atoms with Crippen molar-refractivity contribution in [1.29, 1.82) is 0 Å². The first kappa shape index (κ1) is 19.3. The highest BCUT2D eigenvalue weighted by atomic mass is 16.3. The summed E-state index contributed by atoms with van der Waals surface area (Å²) < 4.78 is 0. The lowest BCUT2D eigenvalue weighted by Gasteiger charge is -2.45. The molecule has 1 N–H and O–H groups in total. The highest BCUT2D eigenvalue weighted by molar-refractivity contribution is 4.89. The second kappa shape index (κ2) is 8.97. The van der Waals surface area contributed by atoms with Crippen LogP contribution in [0.1, 0.15) is 110 Å². The molecule has 26 heavy (non-hydrogen) atoms. The van der Waals surface area contributed by atoms with Crippen LogP contribution in [0.2, 0.25) is 0 Å². The molecule has 1 heteroatoms. The van der Waals surface area contributed by atoms with Gasteiger partial charge in [0.1, 0.15) is 0 Å². The largest absolute Gasteiger partial charge is 0.393 e. The van der Waals surface area contributed by atoms with Gasteiger partial charge in [-0.15, -0.1) is 0 Å². The lowest BCUT2D eigenvalue weighted by molar-refractivity contribution is 0.0559. The van der Waals surface area contributed by atoms with Crippen LogP contribution in [0.15, 0.2) is 0 Å². The van der Waals surface area contributed by atoms with Crippen LogP contribution in [0.5, 0.6) is 0 Å². The van der Waals surface area contributed by atoms with Crippen LogP contribution < -0.4 is 0 Å². The standard InChI is InChI=1S/C25H44O/c1-18-2-9-21(10-3-18)23-13-12-22-16-20(6-11-24(22)17-23)5-4-19-7-14-25(26)15-8-19/h18-26H,2-17H2,1H3. The highest BCUT2D eigenvalue weighted by Gasteiger charge is 2.38. The Labute approximate surface area is 162 Å². The van der Waals surface area contributed by atoms with Crippen molar-refractivity contribution in [3.05, 3.63) is 0 Å². The van der Waals surface area contributed by atoms with E-state index in [9.17, 15) is 5.11 Å². The lowest BCUT2D eigenvalue weighted by Crippen LogP contribution is -2.34. The molecule has 0 amide bonds. The van der Waals surface area contributed by atoms with Crippen LogP contribution in [-0.4, -0.2) is 11.2 Å². The monoisotopic (exact) mass is 360 g/mol. The molecule has 0 aromatic carbocycles. The van der Waals surface area contributed by atoms with Gasteiger partial charge in [0.25, 0.3) is 0 Å². The summed E-state index contributed by atoms with van der Waals surface area (Å²) in [6.07, 6.45) is 23.2. The second-order valence-electron chi connectivity index (χ2n) is 11.0. The molecule has 0 saturated heterocycles.